The van der Waals surface area contributed by atoms with Crippen molar-refractivity contribution in [3.8, 4) is 5.75 Å². The number of carbonyl (C=O) groups excluding carboxylic acids is 3. The maximum atomic E-state index is 12.1. The van der Waals surface area contributed by atoms with E-state index in [0.717, 1.165) is 10.4 Å². The minimum Gasteiger partial charge on any atom is -0.497 e. The van der Waals surface area contributed by atoms with Gasteiger partial charge in [0.05, 0.1) is 24.8 Å². The molecule has 1 aromatic carbocycles. The molecule has 0 aliphatic rings. The number of carbonyl (C=O) groups is 3. The molecular weight excluding hydrogens is 370 g/mol. The summed E-state index contributed by atoms with van der Waals surface area (Å²) in [4.78, 5) is 37.2. The van der Waals surface area contributed by atoms with Crippen LogP contribution in [-0.2, 0) is 14.3 Å². The maximum absolute atomic E-state index is 12.1. The van der Waals surface area contributed by atoms with Crippen LogP contribution in [0.1, 0.15) is 38.1 Å². The largest absolute Gasteiger partial charge is 0.497 e. The van der Waals surface area contributed by atoms with Crippen molar-refractivity contribution in [1.29, 1.82) is 0 Å². The smallest absolute Gasteiger partial charge is 0.341 e. The van der Waals surface area contributed by atoms with E-state index < -0.39 is 24.5 Å². The van der Waals surface area contributed by atoms with E-state index in [2.05, 4.69) is 5.32 Å². The standard InChI is InChI=1S/C19H21NO6S/c1-5-25-19(23)16-11(2)12(3)27-17(16)20-15(21)10-26-18(22)13-6-8-14(24-4)9-7-13/h6-9H,5,10H2,1-4H3,(H,20,21). The fourth-order valence-electron chi connectivity index (χ4n) is 2.27. The number of aryl methyl sites for hydroxylation is 1. The summed E-state index contributed by atoms with van der Waals surface area (Å²) in [7, 11) is 1.52. The monoisotopic (exact) mass is 391 g/mol. The zero-order chi connectivity index (χ0) is 20.0. The Labute approximate surface area is 161 Å². The van der Waals surface area contributed by atoms with Gasteiger partial charge in [0.25, 0.3) is 5.91 Å². The van der Waals surface area contributed by atoms with Crippen LogP contribution >= 0.6 is 11.3 Å². The van der Waals surface area contributed by atoms with Gasteiger partial charge in [0.1, 0.15) is 10.8 Å². The van der Waals surface area contributed by atoms with Gasteiger partial charge in [-0.3, -0.25) is 4.79 Å². The van der Waals surface area contributed by atoms with Crippen LogP contribution in [0.5, 0.6) is 5.75 Å². The summed E-state index contributed by atoms with van der Waals surface area (Å²) in [5, 5.41) is 3.00. The average Bonchev–Trinajstić information content (AvgIpc) is 2.93. The van der Waals surface area contributed by atoms with E-state index in [4.69, 9.17) is 14.2 Å². The van der Waals surface area contributed by atoms with E-state index in [1.165, 1.54) is 18.4 Å². The highest BCUT2D eigenvalue weighted by Gasteiger charge is 2.22. The van der Waals surface area contributed by atoms with Crippen molar-refractivity contribution in [2.45, 2.75) is 20.8 Å². The normalized spacial score (nSPS) is 10.2. The van der Waals surface area contributed by atoms with Gasteiger partial charge in [0, 0.05) is 4.88 Å². The second-order valence-corrected chi connectivity index (χ2v) is 6.79. The first-order valence-corrected chi connectivity index (χ1v) is 9.07. The molecule has 27 heavy (non-hydrogen) atoms. The molecule has 1 heterocycles. The third-order valence-corrected chi connectivity index (χ3v) is 4.90. The summed E-state index contributed by atoms with van der Waals surface area (Å²) in [6.45, 7) is 5.12. The van der Waals surface area contributed by atoms with E-state index in [1.54, 1.807) is 38.1 Å². The first-order chi connectivity index (χ1) is 12.9. The second-order valence-electron chi connectivity index (χ2n) is 5.56. The van der Waals surface area contributed by atoms with Crippen molar-refractivity contribution in [2.75, 3.05) is 25.6 Å². The molecule has 8 heteroatoms. The molecule has 7 nitrogen and oxygen atoms in total. The molecule has 1 aromatic heterocycles. The molecule has 0 spiro atoms. The van der Waals surface area contributed by atoms with Gasteiger partial charge in [-0.25, -0.2) is 9.59 Å². The number of hydrogen-bond acceptors (Lipinski definition) is 7. The lowest BCUT2D eigenvalue weighted by atomic mass is 10.1. The zero-order valence-electron chi connectivity index (χ0n) is 15.6. The zero-order valence-corrected chi connectivity index (χ0v) is 16.4. The minimum atomic E-state index is -0.628. The number of methoxy groups -OCH3 is 1. The van der Waals surface area contributed by atoms with Crippen LogP contribution in [0.25, 0.3) is 0 Å². The van der Waals surface area contributed by atoms with E-state index >= 15 is 0 Å². The molecule has 0 unspecified atom stereocenters. The van der Waals surface area contributed by atoms with Gasteiger partial charge in [-0.05, 0) is 50.6 Å². The molecule has 0 fully saturated rings. The quantitative estimate of drug-likeness (QED) is 0.728. The molecule has 0 saturated carbocycles. The molecule has 0 radical (unpaired) electrons. The topological polar surface area (TPSA) is 90.9 Å². The Balaban J connectivity index is 2.00. The molecule has 0 bridgehead atoms. The van der Waals surface area contributed by atoms with Crippen LogP contribution in [0.4, 0.5) is 5.00 Å². The predicted octanol–water partition coefficient (Wildman–Crippen LogP) is 3.35. The third-order valence-electron chi connectivity index (χ3n) is 3.78. The van der Waals surface area contributed by atoms with Gasteiger partial charge in [0.2, 0.25) is 0 Å². The Kier molecular flexibility index (Phi) is 6.95. The highest BCUT2D eigenvalue weighted by Crippen LogP contribution is 2.33. The predicted molar refractivity (Wildman–Crippen MR) is 102 cm³/mol. The Bertz CT molecular complexity index is 841. The van der Waals surface area contributed by atoms with Gasteiger partial charge in [-0.1, -0.05) is 0 Å². The van der Waals surface area contributed by atoms with E-state index in [9.17, 15) is 14.4 Å². The number of esters is 2. The molecule has 0 aliphatic carbocycles. The average molecular weight is 391 g/mol. The SMILES string of the molecule is CCOC(=O)c1c(NC(=O)COC(=O)c2ccc(OC)cc2)sc(C)c1C. The first-order valence-electron chi connectivity index (χ1n) is 8.25. The highest BCUT2D eigenvalue weighted by atomic mass is 32.1. The van der Waals surface area contributed by atoms with Crippen molar-refractivity contribution in [3.05, 3.63) is 45.8 Å². The van der Waals surface area contributed by atoms with Gasteiger partial charge < -0.3 is 19.5 Å². The number of anilines is 1. The first kappa shape index (κ1) is 20.4. The lowest BCUT2D eigenvalue weighted by Crippen LogP contribution is -2.21. The van der Waals surface area contributed by atoms with Crippen molar-refractivity contribution in [2.24, 2.45) is 0 Å². The molecule has 1 N–H and O–H groups in total. The number of hydrogen-bond donors (Lipinski definition) is 1. The van der Waals surface area contributed by atoms with Crippen LogP contribution in [-0.4, -0.2) is 38.2 Å². The third kappa shape index (κ3) is 5.07. The van der Waals surface area contributed by atoms with Crippen molar-refractivity contribution in [1.82, 2.24) is 0 Å². The minimum absolute atomic E-state index is 0.236. The molecule has 2 aromatic rings. The van der Waals surface area contributed by atoms with Gasteiger partial charge >= 0.3 is 11.9 Å². The van der Waals surface area contributed by atoms with Crippen molar-refractivity contribution >= 4 is 34.2 Å². The number of rotatable bonds is 7. The summed E-state index contributed by atoms with van der Waals surface area (Å²) in [6, 6.07) is 6.34. The summed E-state index contributed by atoms with van der Waals surface area (Å²) in [5.74, 6) is -1.05. The highest BCUT2D eigenvalue weighted by molar-refractivity contribution is 7.16. The number of amides is 1. The number of benzene rings is 1. The maximum Gasteiger partial charge on any atom is 0.341 e. The van der Waals surface area contributed by atoms with Crippen molar-refractivity contribution < 1.29 is 28.6 Å². The molecule has 1 amide bonds. The van der Waals surface area contributed by atoms with E-state index in [0.29, 0.717) is 21.9 Å². The van der Waals surface area contributed by atoms with Crippen LogP contribution in [0.15, 0.2) is 24.3 Å². The molecule has 0 atom stereocenters. The fourth-order valence-corrected chi connectivity index (χ4v) is 3.33. The lowest BCUT2D eigenvalue weighted by molar-refractivity contribution is -0.119. The number of thiophene rings is 1. The second kappa shape index (κ2) is 9.18. The van der Waals surface area contributed by atoms with Crippen LogP contribution in [0.2, 0.25) is 0 Å². The van der Waals surface area contributed by atoms with Crippen LogP contribution in [0.3, 0.4) is 0 Å². The number of ether oxygens (including phenoxy) is 3. The Hall–Kier alpha value is -2.87. The molecule has 0 aliphatic heterocycles. The Morgan fingerprint density at radius 1 is 1.04 bits per heavy atom. The summed E-state index contributed by atoms with van der Waals surface area (Å²) in [6.07, 6.45) is 0. The number of nitrogens with one attached hydrogen (secondary N) is 1. The summed E-state index contributed by atoms with van der Waals surface area (Å²) < 4.78 is 15.1. The van der Waals surface area contributed by atoms with Gasteiger partial charge in [-0.2, -0.15) is 0 Å². The Morgan fingerprint density at radius 3 is 2.30 bits per heavy atom. The van der Waals surface area contributed by atoms with Crippen LogP contribution in [0, 0.1) is 13.8 Å². The fraction of sp³-hybridized carbons (Fsp3) is 0.316. The molecule has 0 saturated heterocycles. The summed E-state index contributed by atoms with van der Waals surface area (Å²) >= 11 is 1.27. The van der Waals surface area contributed by atoms with Crippen LogP contribution < -0.4 is 10.1 Å². The van der Waals surface area contributed by atoms with Crippen molar-refractivity contribution in [3.63, 3.8) is 0 Å². The van der Waals surface area contributed by atoms with Gasteiger partial charge in [0.15, 0.2) is 6.61 Å². The van der Waals surface area contributed by atoms with E-state index in [1.807, 2.05) is 6.92 Å². The molecule has 144 valence electrons. The summed E-state index contributed by atoms with van der Waals surface area (Å²) in [5.41, 5.74) is 1.39. The molecular formula is C19H21NO6S. The lowest BCUT2D eigenvalue weighted by Gasteiger charge is -2.08. The van der Waals surface area contributed by atoms with Gasteiger partial charge in [-0.15, -0.1) is 11.3 Å². The Morgan fingerprint density at radius 2 is 1.70 bits per heavy atom. The van der Waals surface area contributed by atoms with E-state index in [-0.39, 0.29) is 6.61 Å². The molecule has 2 rings (SSSR count).